The first kappa shape index (κ1) is 20.7. The molecule has 6 heteroatoms. The van der Waals surface area contributed by atoms with Gasteiger partial charge in [0.15, 0.2) is 5.17 Å². The minimum atomic E-state index is -0.119. The number of rotatable bonds is 3. The number of aromatic nitrogens is 1. The number of benzene rings is 2. The lowest BCUT2D eigenvalue weighted by Gasteiger charge is -2.11. The van der Waals surface area contributed by atoms with Crippen molar-refractivity contribution in [3.05, 3.63) is 86.0 Å². The fraction of sp³-hybridized carbons (Fsp3) is 0.167. The predicted molar refractivity (Wildman–Crippen MR) is 130 cm³/mol. The summed E-state index contributed by atoms with van der Waals surface area (Å²) in [6.07, 6.45) is 1.95. The Kier molecular flexibility index (Phi) is 5.71. The number of nitrogens with zero attached hydrogens (tertiary/aromatic N) is 2. The Hall–Kier alpha value is -2.57. The van der Waals surface area contributed by atoms with E-state index in [4.69, 9.17) is 0 Å². The van der Waals surface area contributed by atoms with E-state index in [1.165, 1.54) is 22.9 Å². The summed E-state index contributed by atoms with van der Waals surface area (Å²) in [5.41, 5.74) is 7.76. The van der Waals surface area contributed by atoms with Gasteiger partial charge in [0.1, 0.15) is 0 Å². The van der Waals surface area contributed by atoms with Crippen LogP contribution in [0.3, 0.4) is 0 Å². The van der Waals surface area contributed by atoms with Crippen LogP contribution in [0.4, 0.5) is 5.69 Å². The summed E-state index contributed by atoms with van der Waals surface area (Å²) in [4.78, 5) is 17.7. The number of carbonyl (C=O) groups excluding carboxylic acids is 1. The molecular weight excluding hydrogens is 458 g/mol. The Morgan fingerprint density at radius 2 is 1.73 bits per heavy atom. The van der Waals surface area contributed by atoms with Crippen molar-refractivity contribution < 1.29 is 4.79 Å². The smallest absolute Gasteiger partial charge is 0.264 e. The molecule has 0 bridgehead atoms. The lowest BCUT2D eigenvalue weighted by molar-refractivity contribution is -0.115. The van der Waals surface area contributed by atoms with Crippen LogP contribution in [0.25, 0.3) is 11.8 Å². The van der Waals surface area contributed by atoms with E-state index in [1.54, 1.807) is 0 Å². The molecular formula is C24H22BrN3OS. The van der Waals surface area contributed by atoms with Crippen LogP contribution in [-0.2, 0) is 4.79 Å². The molecule has 1 amide bonds. The average molecular weight is 480 g/mol. The molecule has 30 heavy (non-hydrogen) atoms. The molecule has 0 radical (unpaired) electrons. The lowest BCUT2D eigenvalue weighted by atomic mass is 10.1. The Morgan fingerprint density at radius 1 is 1.00 bits per heavy atom. The van der Waals surface area contributed by atoms with Crippen molar-refractivity contribution in [2.45, 2.75) is 27.7 Å². The van der Waals surface area contributed by atoms with Crippen molar-refractivity contribution >= 4 is 50.5 Å². The first-order chi connectivity index (χ1) is 14.3. The fourth-order valence-electron chi connectivity index (χ4n) is 3.45. The molecule has 1 aromatic heterocycles. The van der Waals surface area contributed by atoms with Crippen molar-refractivity contribution in [3.8, 4) is 5.69 Å². The quantitative estimate of drug-likeness (QED) is 0.443. The number of thioether (sulfide) groups is 1. The molecule has 152 valence electrons. The van der Waals surface area contributed by atoms with Crippen LogP contribution in [0.2, 0.25) is 0 Å². The highest BCUT2D eigenvalue weighted by Gasteiger charge is 2.24. The van der Waals surface area contributed by atoms with Gasteiger partial charge in [-0.3, -0.25) is 4.79 Å². The van der Waals surface area contributed by atoms with E-state index < -0.39 is 0 Å². The largest absolute Gasteiger partial charge is 0.318 e. The van der Waals surface area contributed by atoms with Crippen LogP contribution < -0.4 is 5.32 Å². The van der Waals surface area contributed by atoms with Crippen LogP contribution in [0, 0.1) is 27.7 Å². The van der Waals surface area contributed by atoms with Gasteiger partial charge >= 0.3 is 0 Å². The molecule has 0 unspecified atom stereocenters. The number of hydrogen-bond donors (Lipinski definition) is 1. The van der Waals surface area contributed by atoms with Gasteiger partial charge in [-0.25, -0.2) is 4.99 Å². The van der Waals surface area contributed by atoms with Crippen LogP contribution in [0.1, 0.15) is 28.1 Å². The molecule has 1 aliphatic heterocycles. The second-order valence-corrected chi connectivity index (χ2v) is 9.33. The third-order valence-electron chi connectivity index (χ3n) is 5.21. The summed E-state index contributed by atoms with van der Waals surface area (Å²) >= 11 is 4.78. The van der Waals surface area contributed by atoms with Crippen molar-refractivity contribution in [2.24, 2.45) is 4.99 Å². The molecule has 1 saturated heterocycles. The number of halogens is 1. The van der Waals surface area contributed by atoms with Crippen molar-refractivity contribution in [2.75, 3.05) is 0 Å². The molecule has 0 atom stereocenters. The summed E-state index contributed by atoms with van der Waals surface area (Å²) in [5.74, 6) is -0.119. The summed E-state index contributed by atoms with van der Waals surface area (Å²) < 4.78 is 3.22. The van der Waals surface area contributed by atoms with Gasteiger partial charge in [-0.15, -0.1) is 0 Å². The molecule has 4 rings (SSSR count). The molecule has 0 aliphatic carbocycles. The average Bonchev–Trinajstić information content (AvgIpc) is 3.18. The maximum Gasteiger partial charge on any atom is 0.264 e. The second-order valence-electron chi connectivity index (χ2n) is 7.39. The second kappa shape index (κ2) is 8.28. The number of hydrogen-bond acceptors (Lipinski definition) is 3. The van der Waals surface area contributed by atoms with Gasteiger partial charge in [-0.05, 0) is 105 Å². The number of nitrogens with one attached hydrogen (secondary N) is 1. The van der Waals surface area contributed by atoms with Gasteiger partial charge in [-0.1, -0.05) is 22.0 Å². The topological polar surface area (TPSA) is 46.4 Å². The maximum atomic E-state index is 12.5. The molecule has 1 aliphatic rings. The van der Waals surface area contributed by atoms with Crippen LogP contribution in [0.15, 0.2) is 62.9 Å². The first-order valence-electron chi connectivity index (χ1n) is 9.63. The highest BCUT2D eigenvalue weighted by Crippen LogP contribution is 2.31. The summed E-state index contributed by atoms with van der Waals surface area (Å²) in [6, 6.07) is 16.3. The Morgan fingerprint density at radius 3 is 2.43 bits per heavy atom. The number of aliphatic imine (C=N–C) groups is 1. The van der Waals surface area contributed by atoms with Crippen LogP contribution >= 0.6 is 27.7 Å². The first-order valence-corrected chi connectivity index (χ1v) is 11.2. The van der Waals surface area contributed by atoms with E-state index >= 15 is 0 Å². The number of amides is 1. The zero-order chi connectivity index (χ0) is 21.4. The molecule has 1 N–H and O–H groups in total. The minimum Gasteiger partial charge on any atom is -0.318 e. The highest BCUT2D eigenvalue weighted by atomic mass is 79.9. The molecule has 0 spiro atoms. The van der Waals surface area contributed by atoms with E-state index in [1.807, 2.05) is 30.3 Å². The minimum absolute atomic E-state index is 0.119. The normalized spacial score (nSPS) is 16.5. The standard InChI is InChI=1S/C24H22BrN3OS/c1-14-5-10-21(11-15(14)2)28-16(3)12-18(17(28)4)13-22-23(29)27-24(30-22)26-20-8-6-19(25)7-9-20/h5-13H,1-4H3,(H,26,27,29)/b22-13-. The Labute approximate surface area is 189 Å². The fourth-order valence-corrected chi connectivity index (χ4v) is 4.55. The van der Waals surface area contributed by atoms with Crippen LogP contribution in [-0.4, -0.2) is 15.6 Å². The zero-order valence-electron chi connectivity index (χ0n) is 17.3. The molecule has 2 heterocycles. The van der Waals surface area contributed by atoms with Crippen molar-refractivity contribution in [1.29, 1.82) is 0 Å². The SMILES string of the molecule is Cc1ccc(-n2c(C)cc(/C=C3\SC(=Nc4ccc(Br)cc4)NC3=O)c2C)cc1C. The van der Waals surface area contributed by atoms with Gasteiger partial charge < -0.3 is 9.88 Å². The number of aryl methyl sites for hydroxylation is 3. The predicted octanol–water partition coefficient (Wildman–Crippen LogP) is 6.37. The molecule has 4 nitrogen and oxygen atoms in total. The third kappa shape index (κ3) is 4.16. The number of carbonyl (C=O) groups is 1. The summed E-state index contributed by atoms with van der Waals surface area (Å²) in [7, 11) is 0. The van der Waals surface area contributed by atoms with Gasteiger partial charge in [0.2, 0.25) is 0 Å². The van der Waals surface area contributed by atoms with Crippen LogP contribution in [0.5, 0.6) is 0 Å². The molecule has 3 aromatic rings. The van der Waals surface area contributed by atoms with E-state index in [0.29, 0.717) is 10.1 Å². The van der Waals surface area contributed by atoms with Crippen molar-refractivity contribution in [1.82, 2.24) is 9.88 Å². The highest BCUT2D eigenvalue weighted by molar-refractivity contribution is 9.10. The van der Waals surface area contributed by atoms with E-state index in [0.717, 1.165) is 32.8 Å². The van der Waals surface area contributed by atoms with E-state index in [-0.39, 0.29) is 5.91 Å². The Balaban J connectivity index is 1.64. The van der Waals surface area contributed by atoms with Crippen molar-refractivity contribution in [3.63, 3.8) is 0 Å². The zero-order valence-corrected chi connectivity index (χ0v) is 19.7. The maximum absolute atomic E-state index is 12.5. The number of amidine groups is 1. The summed E-state index contributed by atoms with van der Waals surface area (Å²) in [6.45, 7) is 8.42. The summed E-state index contributed by atoms with van der Waals surface area (Å²) in [5, 5.41) is 3.45. The lowest BCUT2D eigenvalue weighted by Crippen LogP contribution is -2.19. The monoisotopic (exact) mass is 479 g/mol. The third-order valence-corrected chi connectivity index (χ3v) is 6.65. The Bertz CT molecular complexity index is 1210. The molecule has 2 aromatic carbocycles. The van der Waals surface area contributed by atoms with Gasteiger partial charge in [-0.2, -0.15) is 0 Å². The van der Waals surface area contributed by atoms with Gasteiger partial charge in [0.05, 0.1) is 10.6 Å². The molecule has 1 fully saturated rings. The van der Waals surface area contributed by atoms with Gasteiger partial charge in [0, 0.05) is 21.5 Å². The van der Waals surface area contributed by atoms with E-state index in [2.05, 4.69) is 82.8 Å². The molecule has 0 saturated carbocycles. The van der Waals surface area contributed by atoms with E-state index in [9.17, 15) is 4.79 Å². The van der Waals surface area contributed by atoms with Gasteiger partial charge in [0.25, 0.3) is 5.91 Å².